The number of aldehydes is 1. The van der Waals surface area contributed by atoms with E-state index in [-0.39, 0.29) is 0 Å². The van der Waals surface area contributed by atoms with E-state index in [1.807, 2.05) is 13.7 Å². The van der Waals surface area contributed by atoms with Gasteiger partial charge in [-0.3, -0.25) is 0 Å². The summed E-state index contributed by atoms with van der Waals surface area (Å²) in [6.07, 6.45) is 7.53. The minimum atomic E-state index is -3.02. The van der Waals surface area contributed by atoms with Gasteiger partial charge in [0.2, 0.25) is 0 Å². The second-order valence-corrected chi connectivity index (χ2v) is 8.84. The van der Waals surface area contributed by atoms with Crippen molar-refractivity contribution in [1.82, 2.24) is 10.2 Å². The van der Waals surface area contributed by atoms with Crippen LogP contribution < -0.4 is 5.32 Å². The Hall–Kier alpha value is -1.57. The maximum absolute atomic E-state index is 10.9. The van der Waals surface area contributed by atoms with Crippen LogP contribution in [-0.4, -0.2) is 64.9 Å². The summed E-state index contributed by atoms with van der Waals surface area (Å²) in [6, 6.07) is 6.81. The molecular formula is C20H34N2O4S. The average Bonchev–Trinajstić information content (AvgIpc) is 2.98. The summed E-state index contributed by atoms with van der Waals surface area (Å²) in [6.45, 7) is 9.14. The van der Waals surface area contributed by atoms with E-state index in [0.717, 1.165) is 11.8 Å². The van der Waals surface area contributed by atoms with E-state index in [4.69, 9.17) is 9.59 Å². The minimum absolute atomic E-state index is 0.378. The number of hydrogen-bond acceptors (Lipinski definition) is 6. The van der Waals surface area contributed by atoms with Crippen LogP contribution in [0.15, 0.2) is 29.2 Å². The van der Waals surface area contributed by atoms with E-state index in [1.165, 1.54) is 58.5 Å². The van der Waals surface area contributed by atoms with Crippen LogP contribution in [0.3, 0.4) is 0 Å². The van der Waals surface area contributed by atoms with Crippen molar-refractivity contribution in [2.45, 2.75) is 50.0 Å². The first-order valence-corrected chi connectivity index (χ1v) is 11.0. The van der Waals surface area contributed by atoms with Crippen molar-refractivity contribution in [2.24, 2.45) is 0 Å². The molecule has 1 N–H and O–H groups in total. The number of sulfone groups is 1. The van der Waals surface area contributed by atoms with Crippen LogP contribution in [-0.2, 0) is 19.4 Å². The Balaban J connectivity index is 0.000000406. The number of hydrogen-bond donors (Lipinski definition) is 1. The van der Waals surface area contributed by atoms with Crippen LogP contribution in [0, 0.1) is 6.92 Å². The first-order valence-electron chi connectivity index (χ1n) is 9.12. The first kappa shape index (κ1) is 25.4. The van der Waals surface area contributed by atoms with Gasteiger partial charge in [0.1, 0.15) is 13.1 Å². The number of benzene rings is 1. The molecule has 7 heteroatoms. The zero-order chi connectivity index (χ0) is 20.9. The number of rotatable bonds is 1. The molecule has 1 aromatic carbocycles. The molecule has 0 atom stereocenters. The maximum atomic E-state index is 10.9. The molecule has 0 unspecified atom stereocenters. The number of aryl methyl sites for hydroxylation is 1. The van der Waals surface area contributed by atoms with Crippen LogP contribution in [0.2, 0.25) is 0 Å². The van der Waals surface area contributed by atoms with Crippen LogP contribution in [0.1, 0.15) is 38.2 Å². The molecular weight excluding hydrogens is 364 g/mol. The Morgan fingerprint density at radius 1 is 1.11 bits per heavy atom. The van der Waals surface area contributed by atoms with E-state index >= 15 is 0 Å². The molecule has 0 aromatic heterocycles. The maximum Gasteiger partial charge on any atom is 0.175 e. The zero-order valence-corrected chi connectivity index (χ0v) is 17.8. The molecule has 0 aliphatic carbocycles. The molecule has 0 amide bonds. The van der Waals surface area contributed by atoms with Gasteiger partial charge in [0.05, 0.1) is 4.90 Å². The number of carbonyl (C=O) groups is 2. The van der Waals surface area contributed by atoms with Crippen molar-refractivity contribution in [3.8, 4) is 0 Å². The fourth-order valence-corrected chi connectivity index (χ4v) is 4.01. The second kappa shape index (κ2) is 12.8. The van der Waals surface area contributed by atoms with Gasteiger partial charge in [-0.15, -0.1) is 0 Å². The largest absolute Gasteiger partial charge is 0.317 e. The molecule has 154 valence electrons. The SMILES string of the molecule is C=O.CC=O.CN1CCCC12CCNCC2.Cc1ccc(S(C)(=O)=O)cc1. The lowest BCUT2D eigenvalue weighted by Gasteiger charge is -2.39. The van der Waals surface area contributed by atoms with Gasteiger partial charge in [0.15, 0.2) is 9.84 Å². The van der Waals surface area contributed by atoms with Crippen LogP contribution in [0.25, 0.3) is 0 Å². The smallest absolute Gasteiger partial charge is 0.175 e. The Morgan fingerprint density at radius 3 is 1.96 bits per heavy atom. The van der Waals surface area contributed by atoms with Crippen molar-refractivity contribution >= 4 is 22.9 Å². The highest BCUT2D eigenvalue weighted by atomic mass is 32.2. The van der Waals surface area contributed by atoms with Gasteiger partial charge >= 0.3 is 0 Å². The van der Waals surface area contributed by atoms with E-state index < -0.39 is 9.84 Å². The van der Waals surface area contributed by atoms with Crippen LogP contribution >= 0.6 is 0 Å². The number of piperidine rings is 1. The topological polar surface area (TPSA) is 83.6 Å². The van der Waals surface area contributed by atoms with Crippen molar-refractivity contribution in [1.29, 1.82) is 0 Å². The molecule has 6 nitrogen and oxygen atoms in total. The van der Waals surface area contributed by atoms with Crippen LogP contribution in [0.5, 0.6) is 0 Å². The number of nitrogens with zero attached hydrogens (tertiary/aromatic N) is 1. The average molecular weight is 399 g/mol. The molecule has 2 aliphatic rings. The summed E-state index contributed by atoms with van der Waals surface area (Å²) < 4.78 is 21.9. The summed E-state index contributed by atoms with van der Waals surface area (Å²) >= 11 is 0. The lowest BCUT2D eigenvalue weighted by molar-refractivity contribution is -0.106. The predicted octanol–water partition coefficient (Wildman–Crippen LogP) is 2.25. The van der Waals surface area contributed by atoms with E-state index in [1.54, 1.807) is 24.3 Å². The van der Waals surface area contributed by atoms with E-state index in [9.17, 15) is 8.42 Å². The number of likely N-dealkylation sites (tertiary alicyclic amines) is 1. The fraction of sp³-hybridized carbons (Fsp3) is 0.600. The third-order valence-corrected chi connectivity index (χ3v) is 6.06. The Morgan fingerprint density at radius 2 is 1.59 bits per heavy atom. The summed E-state index contributed by atoms with van der Waals surface area (Å²) in [5.74, 6) is 0. The van der Waals surface area contributed by atoms with Gasteiger partial charge in [-0.1, -0.05) is 17.7 Å². The predicted molar refractivity (Wildman–Crippen MR) is 110 cm³/mol. The second-order valence-electron chi connectivity index (χ2n) is 6.82. The Bertz CT molecular complexity index is 638. The highest BCUT2D eigenvalue weighted by Gasteiger charge is 2.38. The van der Waals surface area contributed by atoms with Gasteiger partial charge in [-0.05, 0) is 78.3 Å². The zero-order valence-electron chi connectivity index (χ0n) is 17.0. The summed E-state index contributed by atoms with van der Waals surface area (Å²) in [7, 11) is -0.730. The monoisotopic (exact) mass is 398 g/mol. The van der Waals surface area contributed by atoms with Crippen LogP contribution in [0.4, 0.5) is 0 Å². The molecule has 2 heterocycles. The molecule has 0 bridgehead atoms. The van der Waals surface area contributed by atoms with Crippen molar-refractivity contribution in [3.05, 3.63) is 29.8 Å². The Labute approximate surface area is 164 Å². The normalized spacial score (nSPS) is 18.1. The molecule has 1 aromatic rings. The van der Waals surface area contributed by atoms with E-state index in [2.05, 4.69) is 17.3 Å². The standard InChI is InChI=1S/C9H18N2.C8H10O2S.C2H4O.CH2O/c1-11-8-2-3-9(11)4-6-10-7-5-9;1-7-3-5-8(6-4-7)11(2,9)10;1-2-3;1-2/h10H,2-8H2,1H3;3-6H,1-2H3;2H,1H3;1H2. The number of carbonyl (C=O) groups excluding carboxylic acids is 2. The molecule has 0 saturated carbocycles. The fourth-order valence-electron chi connectivity index (χ4n) is 3.38. The van der Waals surface area contributed by atoms with E-state index in [0.29, 0.717) is 10.4 Å². The Kier molecular flexibility index (Phi) is 12.0. The number of nitrogens with one attached hydrogen (secondary N) is 1. The highest BCUT2D eigenvalue weighted by molar-refractivity contribution is 7.90. The van der Waals surface area contributed by atoms with Gasteiger partial charge in [-0.2, -0.15) is 0 Å². The van der Waals surface area contributed by atoms with Gasteiger partial charge in [0.25, 0.3) is 0 Å². The van der Waals surface area contributed by atoms with Crippen molar-refractivity contribution in [3.63, 3.8) is 0 Å². The highest BCUT2D eigenvalue weighted by Crippen LogP contribution is 2.34. The third kappa shape index (κ3) is 8.77. The molecule has 0 radical (unpaired) electrons. The third-order valence-electron chi connectivity index (χ3n) is 4.93. The summed E-state index contributed by atoms with van der Waals surface area (Å²) in [4.78, 5) is 19.8. The lowest BCUT2D eigenvalue weighted by Crippen LogP contribution is -2.49. The van der Waals surface area contributed by atoms with Gasteiger partial charge in [0, 0.05) is 11.8 Å². The first-order chi connectivity index (χ1) is 12.7. The minimum Gasteiger partial charge on any atom is -0.317 e. The summed E-state index contributed by atoms with van der Waals surface area (Å²) in [5, 5.41) is 3.43. The molecule has 1 spiro atoms. The molecule has 27 heavy (non-hydrogen) atoms. The van der Waals surface area contributed by atoms with Crippen molar-refractivity contribution < 1.29 is 18.0 Å². The molecule has 2 aliphatic heterocycles. The molecule has 2 saturated heterocycles. The van der Waals surface area contributed by atoms with Gasteiger partial charge < -0.3 is 19.8 Å². The van der Waals surface area contributed by atoms with Gasteiger partial charge in [-0.25, -0.2) is 8.42 Å². The molecule has 2 fully saturated rings. The van der Waals surface area contributed by atoms with Crippen molar-refractivity contribution in [2.75, 3.05) is 32.9 Å². The molecule has 3 rings (SSSR count). The quantitative estimate of drug-likeness (QED) is 0.731. The summed E-state index contributed by atoms with van der Waals surface area (Å²) in [5.41, 5.74) is 1.67. The lowest BCUT2D eigenvalue weighted by atomic mass is 9.86.